The summed E-state index contributed by atoms with van der Waals surface area (Å²) in [5, 5.41) is 5.96. The Morgan fingerprint density at radius 2 is 1.89 bits per heavy atom. The number of hydrogen-bond acceptors (Lipinski definition) is 2. The third-order valence-corrected chi connectivity index (χ3v) is 11.8. The first kappa shape index (κ1) is 25.3. The highest BCUT2D eigenvalue weighted by Crippen LogP contribution is 2.37. The van der Waals surface area contributed by atoms with Gasteiger partial charge in [0, 0.05) is 0 Å². The Hall–Kier alpha value is -0.753. The molecule has 0 spiro atoms. The number of hydrogen-bond donors (Lipinski definition) is 1. The third kappa shape index (κ3) is 7.58. The van der Waals surface area contributed by atoms with Gasteiger partial charge in [0.15, 0.2) is 8.32 Å². The molecule has 0 heterocycles. The van der Waals surface area contributed by atoms with Gasteiger partial charge in [0.2, 0.25) is 0 Å². The van der Waals surface area contributed by atoms with Crippen LogP contribution >= 0.6 is 0 Å². The molecule has 3 nitrogen and oxygen atoms in total. The van der Waals surface area contributed by atoms with Crippen LogP contribution < -0.4 is 5.14 Å². The van der Waals surface area contributed by atoms with Crippen molar-refractivity contribution in [2.75, 3.05) is 0 Å². The molecule has 5 heteroatoms. The fourth-order valence-electron chi connectivity index (χ4n) is 2.99. The second kappa shape index (κ2) is 10.3. The molecule has 0 aliphatic carbocycles. The average molecular weight is 424 g/mol. The fraction of sp³-hybridized carbons (Fsp3) is 0.652. The third-order valence-electron chi connectivity index (χ3n) is 6.07. The number of allylic oxidation sites excluding steroid dienone is 1. The zero-order valence-corrected chi connectivity index (χ0v) is 20.8. The predicted octanol–water partition coefficient (Wildman–Crippen LogP) is 6.44. The lowest BCUT2D eigenvalue weighted by atomic mass is 9.85. The Morgan fingerprint density at radius 3 is 2.43 bits per heavy atom. The minimum Gasteiger partial charge on any atom is -0.413 e. The monoisotopic (exact) mass is 423 g/mol. The number of nitrogens with two attached hydrogens (primary N) is 1. The maximum Gasteiger partial charge on any atom is 0.192 e. The summed E-state index contributed by atoms with van der Waals surface area (Å²) in [5.74, 6) is 0.329. The van der Waals surface area contributed by atoms with Crippen molar-refractivity contribution in [1.29, 1.82) is 0 Å². The lowest BCUT2D eigenvalue weighted by Crippen LogP contribution is -2.40. The fourth-order valence-corrected chi connectivity index (χ4v) is 4.31. The van der Waals surface area contributed by atoms with E-state index in [9.17, 15) is 4.21 Å². The van der Waals surface area contributed by atoms with Crippen molar-refractivity contribution >= 4 is 19.3 Å². The molecule has 0 amide bonds. The maximum atomic E-state index is 12.0. The molecule has 0 saturated heterocycles. The van der Waals surface area contributed by atoms with Crippen LogP contribution in [-0.2, 0) is 22.0 Å². The minimum absolute atomic E-state index is 0.201. The Morgan fingerprint density at radius 1 is 1.25 bits per heavy atom. The molecule has 0 aromatic heterocycles. The molecular formula is C23H41NO2SSi. The lowest BCUT2D eigenvalue weighted by molar-refractivity contribution is 0.276. The van der Waals surface area contributed by atoms with Crippen LogP contribution in [0.4, 0.5) is 0 Å². The van der Waals surface area contributed by atoms with Crippen molar-refractivity contribution in [2.24, 2.45) is 5.14 Å². The van der Waals surface area contributed by atoms with E-state index in [1.54, 1.807) is 0 Å². The van der Waals surface area contributed by atoms with Gasteiger partial charge in [-0.2, -0.15) is 0 Å². The van der Waals surface area contributed by atoms with Gasteiger partial charge in [0.25, 0.3) is 0 Å². The zero-order valence-electron chi connectivity index (χ0n) is 19.0. The van der Waals surface area contributed by atoms with Gasteiger partial charge in [-0.3, -0.25) is 5.14 Å². The van der Waals surface area contributed by atoms with E-state index >= 15 is 0 Å². The number of benzene rings is 1. The first-order valence-electron chi connectivity index (χ1n) is 10.3. The molecule has 0 bridgehead atoms. The molecule has 2 N–H and O–H groups in total. The van der Waals surface area contributed by atoms with Crippen molar-refractivity contribution in [3.8, 4) is 0 Å². The molecule has 0 radical (unpaired) electrons. The number of rotatable bonds is 11. The molecular weight excluding hydrogens is 382 g/mol. The summed E-state index contributed by atoms with van der Waals surface area (Å²) in [6.45, 7) is 19.8. The van der Waals surface area contributed by atoms with E-state index in [4.69, 9.17) is 9.56 Å². The first-order valence-corrected chi connectivity index (χ1v) is 14.4. The normalized spacial score (nSPS) is 15.3. The maximum absolute atomic E-state index is 12.0. The van der Waals surface area contributed by atoms with Crippen molar-refractivity contribution in [2.45, 2.75) is 95.7 Å². The van der Waals surface area contributed by atoms with Crippen molar-refractivity contribution in [3.05, 3.63) is 48.0 Å². The number of unbranched alkanes of at least 4 members (excludes halogenated alkanes) is 1. The van der Waals surface area contributed by atoms with Crippen LogP contribution in [0.1, 0.15) is 77.3 Å². The second-order valence-electron chi connectivity index (χ2n) is 9.97. The van der Waals surface area contributed by atoms with Gasteiger partial charge >= 0.3 is 0 Å². The van der Waals surface area contributed by atoms with Gasteiger partial charge in [0.05, 0.1) is 22.3 Å². The lowest BCUT2D eigenvalue weighted by Gasteiger charge is -2.36. The highest BCUT2D eigenvalue weighted by molar-refractivity contribution is 7.84. The zero-order chi connectivity index (χ0) is 21.6. The van der Waals surface area contributed by atoms with Crippen LogP contribution in [0.15, 0.2) is 36.9 Å². The van der Waals surface area contributed by atoms with Crippen LogP contribution in [-0.4, -0.2) is 17.3 Å². The molecule has 1 unspecified atom stereocenters. The largest absolute Gasteiger partial charge is 0.413 e. The summed E-state index contributed by atoms with van der Waals surface area (Å²) in [7, 11) is -3.13. The van der Waals surface area contributed by atoms with E-state index < -0.39 is 24.1 Å². The van der Waals surface area contributed by atoms with Gasteiger partial charge in [-0.05, 0) is 74.7 Å². The second-order valence-corrected chi connectivity index (χ2v) is 16.5. The summed E-state index contributed by atoms with van der Waals surface area (Å²) in [6.07, 6.45) is 5.88. The van der Waals surface area contributed by atoms with E-state index in [1.165, 1.54) is 11.1 Å². The quantitative estimate of drug-likeness (QED) is 0.253. The SMILES string of the molecule is C=CCCC[C@H](CC(C)(C)S(N)=O)c1cccc(CO[Si](C)(C)C(C)(C)C)c1. The molecule has 1 rings (SSSR count). The van der Waals surface area contributed by atoms with Crippen LogP contribution in [0.25, 0.3) is 0 Å². The van der Waals surface area contributed by atoms with Crippen LogP contribution in [0.2, 0.25) is 18.1 Å². The Labute approximate surface area is 176 Å². The molecule has 0 fully saturated rings. The predicted molar refractivity (Wildman–Crippen MR) is 126 cm³/mol. The van der Waals surface area contributed by atoms with E-state index in [-0.39, 0.29) is 5.04 Å². The van der Waals surface area contributed by atoms with Gasteiger partial charge in [0.1, 0.15) is 0 Å². The molecule has 2 atom stereocenters. The van der Waals surface area contributed by atoms with Crippen LogP contribution in [0.5, 0.6) is 0 Å². The molecule has 1 aromatic carbocycles. The van der Waals surface area contributed by atoms with Gasteiger partial charge in [-0.25, -0.2) is 4.21 Å². The molecule has 0 aliphatic heterocycles. The summed E-state index contributed by atoms with van der Waals surface area (Å²) in [5.41, 5.74) is 2.50. The van der Waals surface area contributed by atoms with Gasteiger partial charge < -0.3 is 4.43 Å². The average Bonchev–Trinajstić information content (AvgIpc) is 2.58. The van der Waals surface area contributed by atoms with Crippen molar-refractivity contribution < 1.29 is 8.63 Å². The summed E-state index contributed by atoms with van der Waals surface area (Å²) < 4.78 is 18.0. The van der Waals surface area contributed by atoms with Crippen molar-refractivity contribution in [1.82, 2.24) is 0 Å². The van der Waals surface area contributed by atoms with Crippen LogP contribution in [0.3, 0.4) is 0 Å². The highest BCUT2D eigenvalue weighted by atomic mass is 32.2. The topological polar surface area (TPSA) is 52.3 Å². The Kier molecular flexibility index (Phi) is 9.33. The molecule has 0 aliphatic rings. The van der Waals surface area contributed by atoms with E-state index in [0.29, 0.717) is 12.5 Å². The van der Waals surface area contributed by atoms with E-state index in [2.05, 4.69) is 64.7 Å². The molecule has 1 aromatic rings. The standard InChI is InChI=1S/C23H41NO2SSi/c1-9-10-11-14-21(17-23(5,6)27(24)25)20-15-12-13-19(16-20)18-26-28(7,8)22(2,3)4/h9,12-13,15-16,21H,1,10-11,14,17-18,24H2,2-8H3/t21-,27?/m1/s1. The van der Waals surface area contributed by atoms with Gasteiger partial charge in [-0.15, -0.1) is 6.58 Å². The first-order chi connectivity index (χ1) is 12.8. The molecule has 0 saturated carbocycles. The van der Waals surface area contributed by atoms with E-state index in [1.807, 2.05) is 19.9 Å². The Bertz CT molecular complexity index is 665. The summed E-state index contributed by atoms with van der Waals surface area (Å²) in [4.78, 5) is 0. The minimum atomic E-state index is -1.78. The Balaban J connectivity index is 3.00. The smallest absolute Gasteiger partial charge is 0.192 e. The van der Waals surface area contributed by atoms with Crippen LogP contribution in [0, 0.1) is 0 Å². The molecule has 28 heavy (non-hydrogen) atoms. The highest BCUT2D eigenvalue weighted by Gasteiger charge is 2.37. The van der Waals surface area contributed by atoms with Crippen molar-refractivity contribution in [3.63, 3.8) is 0 Å². The summed E-state index contributed by atoms with van der Waals surface area (Å²) >= 11 is 0. The van der Waals surface area contributed by atoms with E-state index in [0.717, 1.165) is 25.7 Å². The summed E-state index contributed by atoms with van der Waals surface area (Å²) in [6, 6.07) is 8.71. The molecule has 160 valence electrons. The van der Waals surface area contributed by atoms with Gasteiger partial charge in [-0.1, -0.05) is 51.1 Å².